The fourth-order valence-electron chi connectivity index (χ4n) is 2.84. The van der Waals surface area contributed by atoms with E-state index >= 15 is 0 Å². The van der Waals surface area contributed by atoms with Crippen LogP contribution in [0.3, 0.4) is 0 Å². The molecular formula is C16H27N3S. The summed E-state index contributed by atoms with van der Waals surface area (Å²) in [5.74, 6) is 0.692. The van der Waals surface area contributed by atoms with Crippen LogP contribution in [-0.2, 0) is 0 Å². The van der Waals surface area contributed by atoms with Gasteiger partial charge in [-0.05, 0) is 58.1 Å². The summed E-state index contributed by atoms with van der Waals surface area (Å²) in [5.41, 5.74) is 3.45. The van der Waals surface area contributed by atoms with Gasteiger partial charge in [0.25, 0.3) is 0 Å². The van der Waals surface area contributed by atoms with Crippen LogP contribution in [-0.4, -0.2) is 27.8 Å². The highest BCUT2D eigenvalue weighted by molar-refractivity contribution is 7.99. The van der Waals surface area contributed by atoms with E-state index in [1.165, 1.54) is 24.8 Å². The summed E-state index contributed by atoms with van der Waals surface area (Å²) in [6.45, 7) is 12.0. The van der Waals surface area contributed by atoms with Gasteiger partial charge in [0.2, 0.25) is 0 Å². The molecule has 1 N–H and O–H groups in total. The molecule has 0 saturated heterocycles. The summed E-state index contributed by atoms with van der Waals surface area (Å²) in [4.78, 5) is 9.30. The molecule has 112 valence electrons. The number of nitrogens with one attached hydrogen (secondary N) is 1. The minimum Gasteiger partial charge on any atom is -0.314 e. The first kappa shape index (κ1) is 15.8. The molecule has 0 aromatic carbocycles. The molecule has 1 fully saturated rings. The van der Waals surface area contributed by atoms with Crippen molar-refractivity contribution >= 4 is 11.8 Å². The number of hydrogen-bond acceptors (Lipinski definition) is 4. The standard InChI is InChI=1S/C16H27N3S/c1-6-9-17-14-7-8-15(11(14)3)20-16-18-12(4)10(2)13(5)19-16/h11,14-15,17H,6-9H2,1-5H3. The van der Waals surface area contributed by atoms with E-state index in [1.807, 2.05) is 11.8 Å². The number of aryl methyl sites for hydroxylation is 2. The molecule has 2 rings (SSSR count). The summed E-state index contributed by atoms with van der Waals surface area (Å²) in [6.07, 6.45) is 3.76. The van der Waals surface area contributed by atoms with Crippen molar-refractivity contribution < 1.29 is 0 Å². The van der Waals surface area contributed by atoms with Crippen molar-refractivity contribution in [3.05, 3.63) is 17.0 Å². The van der Waals surface area contributed by atoms with E-state index in [1.54, 1.807) is 0 Å². The maximum Gasteiger partial charge on any atom is 0.188 e. The van der Waals surface area contributed by atoms with Crippen molar-refractivity contribution in [1.82, 2.24) is 15.3 Å². The molecule has 0 spiro atoms. The predicted molar refractivity (Wildman–Crippen MR) is 86.4 cm³/mol. The average Bonchev–Trinajstić information content (AvgIpc) is 2.75. The van der Waals surface area contributed by atoms with Crippen molar-refractivity contribution in [3.63, 3.8) is 0 Å². The number of thioether (sulfide) groups is 1. The first-order chi connectivity index (χ1) is 9.52. The quantitative estimate of drug-likeness (QED) is 0.841. The fourth-order valence-corrected chi connectivity index (χ4v) is 4.15. The summed E-state index contributed by atoms with van der Waals surface area (Å²) in [6, 6.07) is 0.667. The molecule has 1 aromatic heterocycles. The predicted octanol–water partition coefficient (Wildman–Crippen LogP) is 3.66. The van der Waals surface area contributed by atoms with E-state index in [2.05, 4.69) is 49.9 Å². The molecule has 1 saturated carbocycles. The Morgan fingerprint density at radius 3 is 2.40 bits per heavy atom. The third-order valence-corrected chi connectivity index (χ3v) is 5.87. The smallest absolute Gasteiger partial charge is 0.188 e. The molecule has 1 heterocycles. The molecule has 0 amide bonds. The van der Waals surface area contributed by atoms with Crippen LogP contribution in [0.15, 0.2) is 5.16 Å². The van der Waals surface area contributed by atoms with Crippen molar-refractivity contribution in [3.8, 4) is 0 Å². The van der Waals surface area contributed by atoms with E-state index in [0.717, 1.165) is 23.1 Å². The zero-order valence-electron chi connectivity index (χ0n) is 13.4. The lowest BCUT2D eigenvalue weighted by atomic mass is 10.1. The number of aromatic nitrogens is 2. The van der Waals surface area contributed by atoms with Gasteiger partial charge in [-0.1, -0.05) is 25.6 Å². The van der Waals surface area contributed by atoms with E-state index in [9.17, 15) is 0 Å². The van der Waals surface area contributed by atoms with Crippen molar-refractivity contribution in [2.75, 3.05) is 6.54 Å². The zero-order chi connectivity index (χ0) is 14.7. The highest BCUT2D eigenvalue weighted by Crippen LogP contribution is 2.38. The molecule has 3 nitrogen and oxygen atoms in total. The molecule has 1 aliphatic carbocycles. The van der Waals surface area contributed by atoms with E-state index in [-0.39, 0.29) is 0 Å². The Bertz CT molecular complexity index is 438. The molecule has 3 unspecified atom stereocenters. The lowest BCUT2D eigenvalue weighted by molar-refractivity contribution is 0.431. The van der Waals surface area contributed by atoms with Gasteiger partial charge in [0, 0.05) is 22.7 Å². The maximum absolute atomic E-state index is 4.65. The van der Waals surface area contributed by atoms with Crippen LogP contribution in [0.4, 0.5) is 0 Å². The van der Waals surface area contributed by atoms with Crippen LogP contribution < -0.4 is 5.32 Å². The summed E-state index contributed by atoms with van der Waals surface area (Å²) in [5, 5.41) is 5.28. The monoisotopic (exact) mass is 293 g/mol. The van der Waals surface area contributed by atoms with Gasteiger partial charge >= 0.3 is 0 Å². The molecule has 0 aliphatic heterocycles. The first-order valence-corrected chi connectivity index (χ1v) is 8.62. The van der Waals surface area contributed by atoms with Gasteiger partial charge in [0.05, 0.1) is 0 Å². The van der Waals surface area contributed by atoms with Gasteiger partial charge < -0.3 is 5.32 Å². The molecule has 1 aromatic rings. The molecule has 0 bridgehead atoms. The Hall–Kier alpha value is -0.610. The first-order valence-electron chi connectivity index (χ1n) is 7.74. The van der Waals surface area contributed by atoms with Gasteiger partial charge in [-0.15, -0.1) is 0 Å². The second-order valence-electron chi connectivity index (χ2n) is 5.96. The third-order valence-electron chi connectivity index (χ3n) is 4.51. The van der Waals surface area contributed by atoms with Crippen LogP contribution >= 0.6 is 11.8 Å². The number of hydrogen-bond donors (Lipinski definition) is 1. The van der Waals surface area contributed by atoms with Crippen molar-refractivity contribution in [2.24, 2.45) is 5.92 Å². The topological polar surface area (TPSA) is 37.8 Å². The van der Waals surface area contributed by atoms with Crippen LogP contribution in [0.5, 0.6) is 0 Å². The van der Waals surface area contributed by atoms with Crippen LogP contribution in [0, 0.1) is 26.7 Å². The average molecular weight is 293 g/mol. The Morgan fingerprint density at radius 1 is 1.15 bits per heavy atom. The third kappa shape index (κ3) is 3.53. The second kappa shape index (κ2) is 6.90. The van der Waals surface area contributed by atoms with Gasteiger partial charge in [-0.25, -0.2) is 9.97 Å². The van der Waals surface area contributed by atoms with Gasteiger partial charge in [0.15, 0.2) is 5.16 Å². The minimum atomic E-state index is 0.644. The minimum absolute atomic E-state index is 0.644. The highest BCUT2D eigenvalue weighted by Gasteiger charge is 2.33. The molecule has 0 radical (unpaired) electrons. The van der Waals surface area contributed by atoms with Crippen LogP contribution in [0.1, 0.15) is 50.1 Å². The summed E-state index contributed by atoms with van der Waals surface area (Å²) >= 11 is 1.87. The van der Waals surface area contributed by atoms with Crippen molar-refractivity contribution in [2.45, 2.75) is 70.3 Å². The Balaban J connectivity index is 2.00. The lowest BCUT2D eigenvalue weighted by Crippen LogP contribution is -2.33. The largest absolute Gasteiger partial charge is 0.314 e. The second-order valence-corrected chi connectivity index (χ2v) is 7.16. The normalized spacial score (nSPS) is 26.1. The highest BCUT2D eigenvalue weighted by atomic mass is 32.2. The number of nitrogens with zero attached hydrogens (tertiary/aromatic N) is 2. The van der Waals surface area contributed by atoms with E-state index in [4.69, 9.17) is 0 Å². The number of rotatable bonds is 5. The fraction of sp³-hybridized carbons (Fsp3) is 0.750. The molecule has 20 heavy (non-hydrogen) atoms. The van der Waals surface area contributed by atoms with Gasteiger partial charge in [0.1, 0.15) is 0 Å². The van der Waals surface area contributed by atoms with E-state index in [0.29, 0.717) is 17.2 Å². The van der Waals surface area contributed by atoms with Crippen LogP contribution in [0.2, 0.25) is 0 Å². The lowest BCUT2D eigenvalue weighted by Gasteiger charge is -2.21. The summed E-state index contributed by atoms with van der Waals surface area (Å²) in [7, 11) is 0. The summed E-state index contributed by atoms with van der Waals surface area (Å²) < 4.78 is 0. The Kier molecular flexibility index (Phi) is 5.44. The SMILES string of the molecule is CCCNC1CCC(Sc2nc(C)c(C)c(C)n2)C1C. The molecule has 4 heteroatoms. The molecule has 3 atom stereocenters. The maximum atomic E-state index is 4.65. The Labute approximate surface area is 127 Å². The molecular weight excluding hydrogens is 266 g/mol. The zero-order valence-corrected chi connectivity index (χ0v) is 14.2. The van der Waals surface area contributed by atoms with Crippen LogP contribution in [0.25, 0.3) is 0 Å². The molecule has 1 aliphatic rings. The van der Waals surface area contributed by atoms with Crippen molar-refractivity contribution in [1.29, 1.82) is 0 Å². The Morgan fingerprint density at radius 2 is 1.80 bits per heavy atom. The van der Waals surface area contributed by atoms with Gasteiger partial charge in [-0.2, -0.15) is 0 Å². The van der Waals surface area contributed by atoms with E-state index < -0.39 is 0 Å². The van der Waals surface area contributed by atoms with Gasteiger partial charge in [-0.3, -0.25) is 0 Å².